The Kier molecular flexibility index (Phi) is 4.01. The van der Waals surface area contributed by atoms with Crippen LogP contribution in [0.15, 0.2) is 84.9 Å². The lowest BCUT2D eigenvalue weighted by Crippen LogP contribution is -2.13. The molecule has 3 aromatic carbocycles. The second-order valence-corrected chi connectivity index (χ2v) is 6.38. The van der Waals surface area contributed by atoms with Gasteiger partial charge in [-0.25, -0.2) is 0 Å². The summed E-state index contributed by atoms with van der Waals surface area (Å²) < 4.78 is 2.25. The van der Waals surface area contributed by atoms with E-state index in [0.29, 0.717) is 0 Å². The van der Waals surface area contributed by atoms with E-state index in [9.17, 15) is 10.1 Å². The van der Waals surface area contributed by atoms with Gasteiger partial charge in [0.25, 0.3) is 5.69 Å². The van der Waals surface area contributed by atoms with Gasteiger partial charge in [0.1, 0.15) is 0 Å². The summed E-state index contributed by atoms with van der Waals surface area (Å²) in [6.45, 7) is 2.05. The number of aromatic nitrogens is 1. The van der Waals surface area contributed by atoms with Crippen LogP contribution in [0.5, 0.6) is 0 Å². The fraction of sp³-hybridized carbons (Fsp3) is 0.0909. The SMILES string of the molecule is Cc1cc2cc([N+](=O)[O-])ccc2n1C(c1ccccc1)c1ccccc1. The predicted octanol–water partition coefficient (Wildman–Crippen LogP) is 5.50. The quantitative estimate of drug-likeness (QED) is 0.363. The molecule has 0 radical (unpaired) electrons. The average molecular weight is 342 g/mol. The van der Waals surface area contributed by atoms with Crippen LogP contribution < -0.4 is 0 Å². The van der Waals surface area contributed by atoms with E-state index in [1.165, 1.54) is 11.1 Å². The molecule has 0 bridgehead atoms. The number of rotatable bonds is 4. The van der Waals surface area contributed by atoms with E-state index in [-0.39, 0.29) is 16.7 Å². The molecular formula is C22H18N2O2. The lowest BCUT2D eigenvalue weighted by molar-refractivity contribution is -0.384. The zero-order chi connectivity index (χ0) is 18.1. The Bertz CT molecular complexity index is 1030. The van der Waals surface area contributed by atoms with Gasteiger partial charge < -0.3 is 4.57 Å². The summed E-state index contributed by atoms with van der Waals surface area (Å²) in [5.41, 5.74) is 4.53. The summed E-state index contributed by atoms with van der Waals surface area (Å²) in [6, 6.07) is 27.7. The van der Waals surface area contributed by atoms with Crippen molar-refractivity contribution < 1.29 is 4.92 Å². The Morgan fingerprint density at radius 2 is 1.42 bits per heavy atom. The van der Waals surface area contributed by atoms with Gasteiger partial charge in [0.05, 0.1) is 11.0 Å². The molecular weight excluding hydrogens is 324 g/mol. The van der Waals surface area contributed by atoms with Gasteiger partial charge in [-0.2, -0.15) is 0 Å². The first-order valence-electron chi connectivity index (χ1n) is 8.51. The first-order chi connectivity index (χ1) is 12.6. The second-order valence-electron chi connectivity index (χ2n) is 6.38. The Labute approximate surface area is 151 Å². The van der Waals surface area contributed by atoms with Gasteiger partial charge in [-0.05, 0) is 30.2 Å². The molecule has 128 valence electrons. The van der Waals surface area contributed by atoms with Crippen LogP contribution in [0.3, 0.4) is 0 Å². The zero-order valence-electron chi connectivity index (χ0n) is 14.4. The van der Waals surface area contributed by atoms with Gasteiger partial charge in [0, 0.05) is 28.7 Å². The van der Waals surface area contributed by atoms with Gasteiger partial charge in [-0.15, -0.1) is 0 Å². The van der Waals surface area contributed by atoms with E-state index in [2.05, 4.69) is 28.8 Å². The summed E-state index contributed by atoms with van der Waals surface area (Å²) in [7, 11) is 0. The van der Waals surface area contributed by atoms with E-state index in [1.54, 1.807) is 12.1 Å². The summed E-state index contributed by atoms with van der Waals surface area (Å²) in [6.07, 6.45) is 0. The van der Waals surface area contributed by atoms with E-state index >= 15 is 0 Å². The number of hydrogen-bond donors (Lipinski definition) is 0. The maximum atomic E-state index is 11.1. The Morgan fingerprint density at radius 3 is 1.96 bits per heavy atom. The van der Waals surface area contributed by atoms with Gasteiger partial charge in [0.15, 0.2) is 0 Å². The molecule has 0 atom stereocenters. The minimum Gasteiger partial charge on any atom is -0.333 e. The summed E-state index contributed by atoms with van der Waals surface area (Å²) >= 11 is 0. The van der Waals surface area contributed by atoms with Crippen LogP contribution in [-0.2, 0) is 0 Å². The van der Waals surface area contributed by atoms with Crippen LogP contribution in [0, 0.1) is 17.0 Å². The molecule has 0 spiro atoms. The van der Waals surface area contributed by atoms with Gasteiger partial charge in [-0.3, -0.25) is 10.1 Å². The zero-order valence-corrected chi connectivity index (χ0v) is 14.4. The monoisotopic (exact) mass is 342 g/mol. The third-order valence-electron chi connectivity index (χ3n) is 4.71. The Morgan fingerprint density at radius 1 is 0.846 bits per heavy atom. The molecule has 4 aromatic rings. The predicted molar refractivity (Wildman–Crippen MR) is 103 cm³/mol. The van der Waals surface area contributed by atoms with E-state index in [0.717, 1.165) is 16.6 Å². The van der Waals surface area contributed by atoms with Crippen molar-refractivity contribution in [2.75, 3.05) is 0 Å². The number of nitro benzene ring substituents is 1. The number of benzene rings is 3. The van der Waals surface area contributed by atoms with Crippen LogP contribution in [0.2, 0.25) is 0 Å². The summed E-state index contributed by atoms with van der Waals surface area (Å²) in [4.78, 5) is 10.8. The molecule has 0 unspecified atom stereocenters. The molecule has 1 aromatic heterocycles. The lowest BCUT2D eigenvalue weighted by atomic mass is 9.98. The van der Waals surface area contributed by atoms with Crippen molar-refractivity contribution in [1.82, 2.24) is 4.57 Å². The second kappa shape index (κ2) is 6.48. The van der Waals surface area contributed by atoms with Crippen molar-refractivity contribution in [3.63, 3.8) is 0 Å². The van der Waals surface area contributed by atoms with Crippen LogP contribution >= 0.6 is 0 Å². The van der Waals surface area contributed by atoms with Crippen LogP contribution in [0.4, 0.5) is 5.69 Å². The number of fused-ring (bicyclic) bond motifs is 1. The van der Waals surface area contributed by atoms with E-state index in [1.807, 2.05) is 55.5 Å². The topological polar surface area (TPSA) is 48.1 Å². The van der Waals surface area contributed by atoms with Gasteiger partial charge >= 0.3 is 0 Å². The van der Waals surface area contributed by atoms with Crippen molar-refractivity contribution in [1.29, 1.82) is 0 Å². The number of nitro groups is 1. The summed E-state index contributed by atoms with van der Waals surface area (Å²) in [5.74, 6) is 0. The Hall–Kier alpha value is -3.40. The lowest BCUT2D eigenvalue weighted by Gasteiger charge is -2.23. The highest BCUT2D eigenvalue weighted by molar-refractivity contribution is 5.84. The highest BCUT2D eigenvalue weighted by Crippen LogP contribution is 2.34. The largest absolute Gasteiger partial charge is 0.333 e. The molecule has 0 amide bonds. The van der Waals surface area contributed by atoms with Crippen molar-refractivity contribution in [3.8, 4) is 0 Å². The molecule has 4 nitrogen and oxygen atoms in total. The minimum absolute atomic E-state index is 0.0105. The molecule has 0 aliphatic carbocycles. The van der Waals surface area contributed by atoms with Crippen molar-refractivity contribution >= 4 is 16.6 Å². The van der Waals surface area contributed by atoms with Gasteiger partial charge in [-0.1, -0.05) is 60.7 Å². The maximum Gasteiger partial charge on any atom is 0.270 e. The molecule has 0 N–H and O–H groups in total. The molecule has 0 aliphatic heterocycles. The fourth-order valence-corrected chi connectivity index (χ4v) is 3.58. The Balaban J connectivity index is 1.97. The highest BCUT2D eigenvalue weighted by Gasteiger charge is 2.21. The van der Waals surface area contributed by atoms with Crippen molar-refractivity contribution in [3.05, 3.63) is 112 Å². The molecule has 0 saturated heterocycles. The third kappa shape index (κ3) is 2.75. The standard InChI is InChI=1S/C22H18N2O2/c1-16-14-19-15-20(24(25)26)12-13-21(19)23(16)22(17-8-4-2-5-9-17)18-10-6-3-7-11-18/h2-15,22H,1H3. The van der Waals surface area contributed by atoms with E-state index in [4.69, 9.17) is 0 Å². The summed E-state index contributed by atoms with van der Waals surface area (Å²) in [5, 5.41) is 12.0. The molecule has 0 aliphatic rings. The average Bonchev–Trinajstić information content (AvgIpc) is 2.99. The molecule has 0 fully saturated rings. The highest BCUT2D eigenvalue weighted by atomic mass is 16.6. The van der Waals surface area contributed by atoms with Crippen molar-refractivity contribution in [2.24, 2.45) is 0 Å². The first-order valence-corrected chi connectivity index (χ1v) is 8.51. The number of non-ortho nitro benzene ring substituents is 1. The number of aryl methyl sites for hydroxylation is 1. The first kappa shape index (κ1) is 16.1. The molecule has 26 heavy (non-hydrogen) atoms. The van der Waals surface area contributed by atoms with Gasteiger partial charge in [0.2, 0.25) is 0 Å². The molecule has 4 rings (SSSR count). The molecule has 0 saturated carbocycles. The molecule has 1 heterocycles. The van der Waals surface area contributed by atoms with Crippen LogP contribution in [-0.4, -0.2) is 9.49 Å². The minimum atomic E-state index is -0.349. The normalized spacial score (nSPS) is 11.2. The van der Waals surface area contributed by atoms with Crippen LogP contribution in [0.1, 0.15) is 22.9 Å². The smallest absolute Gasteiger partial charge is 0.270 e. The number of hydrogen-bond acceptors (Lipinski definition) is 2. The number of nitrogens with zero attached hydrogens (tertiary/aromatic N) is 2. The fourth-order valence-electron chi connectivity index (χ4n) is 3.58. The van der Waals surface area contributed by atoms with Crippen molar-refractivity contribution in [2.45, 2.75) is 13.0 Å². The van der Waals surface area contributed by atoms with E-state index < -0.39 is 0 Å². The van der Waals surface area contributed by atoms with Crippen LogP contribution in [0.25, 0.3) is 10.9 Å². The maximum absolute atomic E-state index is 11.1. The third-order valence-corrected chi connectivity index (χ3v) is 4.71. The molecule has 4 heteroatoms.